The van der Waals surface area contributed by atoms with Crippen molar-refractivity contribution in [1.29, 1.82) is 0 Å². The van der Waals surface area contributed by atoms with Gasteiger partial charge in [-0.1, -0.05) is 12.1 Å². The Hall–Kier alpha value is -2.17. The summed E-state index contributed by atoms with van der Waals surface area (Å²) >= 11 is 0. The van der Waals surface area contributed by atoms with Crippen LogP contribution in [0.25, 0.3) is 0 Å². The quantitative estimate of drug-likeness (QED) is 0.592. The van der Waals surface area contributed by atoms with Gasteiger partial charge in [0.2, 0.25) is 0 Å². The lowest BCUT2D eigenvalue weighted by molar-refractivity contribution is -0.153. The van der Waals surface area contributed by atoms with Gasteiger partial charge in [0.15, 0.2) is 0 Å². The summed E-state index contributed by atoms with van der Waals surface area (Å²) in [6.07, 6.45) is 0.559. The van der Waals surface area contributed by atoms with Crippen molar-refractivity contribution in [1.82, 2.24) is 0 Å². The molecule has 0 aromatic heterocycles. The minimum atomic E-state index is -0.476. The zero-order valence-electron chi connectivity index (χ0n) is 9.84. The summed E-state index contributed by atoms with van der Waals surface area (Å²) in [4.78, 5) is 33.4. The van der Waals surface area contributed by atoms with E-state index in [1.807, 2.05) is 0 Å². The van der Waals surface area contributed by atoms with Crippen LogP contribution in [-0.4, -0.2) is 25.0 Å². The van der Waals surface area contributed by atoms with Gasteiger partial charge in [0.05, 0.1) is 25.0 Å². The molecule has 1 aromatic carbocycles. The summed E-state index contributed by atoms with van der Waals surface area (Å²) in [6, 6.07) is 6.73. The highest BCUT2D eigenvalue weighted by molar-refractivity contribution is 5.94. The molecule has 1 heterocycles. The Bertz CT molecular complexity index is 489. The molecule has 1 fully saturated rings. The number of benzene rings is 1. The van der Waals surface area contributed by atoms with Gasteiger partial charge < -0.3 is 9.47 Å². The van der Waals surface area contributed by atoms with E-state index in [0.29, 0.717) is 12.0 Å². The second-order valence-electron chi connectivity index (χ2n) is 4.09. The molecule has 2 rings (SSSR count). The smallest absolute Gasteiger partial charge is 0.337 e. The van der Waals surface area contributed by atoms with E-state index in [1.165, 1.54) is 7.11 Å². The van der Waals surface area contributed by atoms with Gasteiger partial charge in [-0.25, -0.2) is 4.79 Å². The van der Waals surface area contributed by atoms with Gasteiger partial charge in [-0.2, -0.15) is 0 Å². The van der Waals surface area contributed by atoms with Crippen LogP contribution in [0.4, 0.5) is 0 Å². The second-order valence-corrected chi connectivity index (χ2v) is 4.09. The Labute approximate surface area is 104 Å². The monoisotopic (exact) mass is 248 g/mol. The number of esters is 3. The van der Waals surface area contributed by atoms with E-state index >= 15 is 0 Å². The number of cyclic esters (lactones) is 2. The molecule has 1 aliphatic heterocycles. The summed E-state index contributed by atoms with van der Waals surface area (Å²) in [6.45, 7) is 0. The molecule has 5 heteroatoms. The van der Waals surface area contributed by atoms with E-state index in [-0.39, 0.29) is 6.42 Å². The van der Waals surface area contributed by atoms with Crippen molar-refractivity contribution in [3.05, 3.63) is 35.4 Å². The van der Waals surface area contributed by atoms with Crippen molar-refractivity contribution >= 4 is 17.9 Å². The molecular formula is C13H12O5. The van der Waals surface area contributed by atoms with Crippen LogP contribution in [-0.2, 0) is 25.5 Å². The number of carbonyl (C=O) groups is 3. The lowest BCUT2D eigenvalue weighted by atomic mass is 9.97. The normalized spacial score (nSPS) is 18.6. The molecule has 94 valence electrons. The van der Waals surface area contributed by atoms with E-state index in [0.717, 1.165) is 5.56 Å². The SMILES string of the molecule is COC(=O)c1ccc(CC2CC(=O)OC2=O)cc1. The van der Waals surface area contributed by atoms with Crippen LogP contribution in [0, 0.1) is 5.92 Å². The van der Waals surface area contributed by atoms with Crippen LogP contribution < -0.4 is 0 Å². The molecule has 1 aromatic rings. The largest absolute Gasteiger partial charge is 0.465 e. The second kappa shape index (κ2) is 5.00. The molecule has 0 bridgehead atoms. The first-order valence-corrected chi connectivity index (χ1v) is 5.52. The van der Waals surface area contributed by atoms with E-state index < -0.39 is 23.8 Å². The van der Waals surface area contributed by atoms with Crippen LogP contribution in [0.5, 0.6) is 0 Å². The Morgan fingerprint density at radius 2 is 2.00 bits per heavy atom. The molecule has 0 amide bonds. The first-order valence-electron chi connectivity index (χ1n) is 5.52. The zero-order chi connectivity index (χ0) is 13.1. The highest BCUT2D eigenvalue weighted by atomic mass is 16.6. The number of hydrogen-bond donors (Lipinski definition) is 0. The number of methoxy groups -OCH3 is 1. The minimum absolute atomic E-state index is 0.123. The lowest BCUT2D eigenvalue weighted by Crippen LogP contribution is -2.10. The fraction of sp³-hybridized carbons (Fsp3) is 0.308. The maximum absolute atomic E-state index is 11.3. The molecule has 0 saturated carbocycles. The van der Waals surface area contributed by atoms with Crippen molar-refractivity contribution < 1.29 is 23.9 Å². The molecule has 0 radical (unpaired) electrons. The maximum Gasteiger partial charge on any atom is 0.337 e. The van der Waals surface area contributed by atoms with E-state index in [9.17, 15) is 14.4 Å². The number of ether oxygens (including phenoxy) is 2. The average molecular weight is 248 g/mol. The summed E-state index contributed by atoms with van der Waals surface area (Å²) < 4.78 is 9.06. The first-order chi connectivity index (χ1) is 8.60. The van der Waals surface area contributed by atoms with Crippen LogP contribution in [0.15, 0.2) is 24.3 Å². The van der Waals surface area contributed by atoms with E-state index in [4.69, 9.17) is 0 Å². The maximum atomic E-state index is 11.3. The number of rotatable bonds is 3. The van der Waals surface area contributed by atoms with Gasteiger partial charge in [0.25, 0.3) is 0 Å². The van der Waals surface area contributed by atoms with E-state index in [2.05, 4.69) is 9.47 Å². The molecule has 1 saturated heterocycles. The molecule has 0 spiro atoms. The molecule has 1 unspecified atom stereocenters. The van der Waals surface area contributed by atoms with Crippen molar-refractivity contribution in [3.63, 3.8) is 0 Å². The highest BCUT2D eigenvalue weighted by Gasteiger charge is 2.33. The van der Waals surface area contributed by atoms with Gasteiger partial charge in [0.1, 0.15) is 0 Å². The fourth-order valence-electron chi connectivity index (χ4n) is 1.86. The van der Waals surface area contributed by atoms with Gasteiger partial charge in [-0.3, -0.25) is 9.59 Å². The summed E-state index contributed by atoms with van der Waals surface area (Å²) in [5.41, 5.74) is 1.32. The van der Waals surface area contributed by atoms with Gasteiger partial charge in [-0.05, 0) is 24.1 Å². The number of hydrogen-bond acceptors (Lipinski definition) is 5. The topological polar surface area (TPSA) is 69.7 Å². The molecule has 1 atom stereocenters. The Balaban J connectivity index is 2.04. The summed E-state index contributed by atoms with van der Waals surface area (Å²) in [7, 11) is 1.32. The Morgan fingerprint density at radius 1 is 1.33 bits per heavy atom. The third kappa shape index (κ3) is 2.56. The molecule has 0 aliphatic carbocycles. The van der Waals surface area contributed by atoms with Crippen molar-refractivity contribution in [2.75, 3.05) is 7.11 Å². The third-order valence-electron chi connectivity index (χ3n) is 2.82. The molecular weight excluding hydrogens is 236 g/mol. The summed E-state index contributed by atoms with van der Waals surface area (Å²) in [5, 5.41) is 0. The van der Waals surface area contributed by atoms with Crippen molar-refractivity contribution in [2.24, 2.45) is 5.92 Å². The summed E-state index contributed by atoms with van der Waals surface area (Å²) in [5.74, 6) is -1.77. The standard InChI is InChI=1S/C13H12O5/c1-17-12(15)9-4-2-8(3-5-9)6-10-7-11(14)18-13(10)16/h2-5,10H,6-7H2,1H3. The fourth-order valence-corrected chi connectivity index (χ4v) is 1.86. The van der Waals surface area contributed by atoms with E-state index in [1.54, 1.807) is 24.3 Å². The predicted octanol–water partition coefficient (Wildman–Crippen LogP) is 1.11. The van der Waals surface area contributed by atoms with Gasteiger partial charge in [-0.15, -0.1) is 0 Å². The van der Waals surface area contributed by atoms with Crippen LogP contribution >= 0.6 is 0 Å². The van der Waals surface area contributed by atoms with Crippen LogP contribution in [0.3, 0.4) is 0 Å². The van der Waals surface area contributed by atoms with Crippen LogP contribution in [0.2, 0.25) is 0 Å². The van der Waals surface area contributed by atoms with Crippen molar-refractivity contribution in [2.45, 2.75) is 12.8 Å². The number of carbonyl (C=O) groups excluding carboxylic acids is 3. The Morgan fingerprint density at radius 3 is 2.50 bits per heavy atom. The average Bonchev–Trinajstić information content (AvgIpc) is 2.68. The Kier molecular flexibility index (Phi) is 3.41. The first kappa shape index (κ1) is 12.3. The molecule has 0 N–H and O–H groups in total. The van der Waals surface area contributed by atoms with Gasteiger partial charge >= 0.3 is 17.9 Å². The van der Waals surface area contributed by atoms with Crippen LogP contribution in [0.1, 0.15) is 22.3 Å². The molecule has 5 nitrogen and oxygen atoms in total. The van der Waals surface area contributed by atoms with Gasteiger partial charge in [0, 0.05) is 0 Å². The highest BCUT2D eigenvalue weighted by Crippen LogP contribution is 2.21. The van der Waals surface area contributed by atoms with Crippen molar-refractivity contribution in [3.8, 4) is 0 Å². The molecule has 18 heavy (non-hydrogen) atoms. The third-order valence-corrected chi connectivity index (χ3v) is 2.82. The molecule has 1 aliphatic rings. The minimum Gasteiger partial charge on any atom is -0.465 e. The zero-order valence-corrected chi connectivity index (χ0v) is 9.84. The lowest BCUT2D eigenvalue weighted by Gasteiger charge is -2.05. The predicted molar refractivity (Wildman–Crippen MR) is 60.7 cm³/mol.